The lowest BCUT2D eigenvalue weighted by atomic mass is 9.97. The first-order chi connectivity index (χ1) is 15.9. The molecule has 0 aliphatic heterocycles. The maximum Gasteiger partial charge on any atom is 0.367 e. The fourth-order valence-electron chi connectivity index (χ4n) is 3.62. The molecule has 0 bridgehead atoms. The van der Waals surface area contributed by atoms with Crippen LogP contribution in [0, 0.1) is 0 Å². The van der Waals surface area contributed by atoms with Crippen molar-refractivity contribution in [3.8, 4) is 22.3 Å². The molecule has 5 aromatic rings. The highest BCUT2D eigenvalue weighted by atomic mass is 35.5. The quantitative estimate of drug-likeness (QED) is 0.262. The van der Waals surface area contributed by atoms with E-state index in [1.807, 2.05) is 24.3 Å². The van der Waals surface area contributed by atoms with Crippen LogP contribution in [0.1, 0.15) is 5.56 Å². The van der Waals surface area contributed by atoms with Crippen LogP contribution in [-0.2, 0) is 6.54 Å². The van der Waals surface area contributed by atoms with E-state index in [2.05, 4.69) is 10.2 Å². The van der Waals surface area contributed by atoms with Gasteiger partial charge in [0.2, 0.25) is 0 Å². The number of benzene rings is 3. The van der Waals surface area contributed by atoms with Crippen molar-refractivity contribution in [1.29, 1.82) is 0 Å². The maximum atomic E-state index is 13.1. The first kappa shape index (κ1) is 22.0. The topological polar surface area (TPSA) is 52.2 Å². The molecule has 0 atom stereocenters. The number of rotatable bonds is 4. The summed E-state index contributed by atoms with van der Waals surface area (Å²) in [5.74, 6) is 0. The molecule has 5 nitrogen and oxygen atoms in total. The van der Waals surface area contributed by atoms with Gasteiger partial charge in [0, 0.05) is 31.2 Å². The summed E-state index contributed by atoms with van der Waals surface area (Å²) in [7, 11) is 0. The van der Waals surface area contributed by atoms with Crippen LogP contribution in [0.5, 0.6) is 0 Å². The van der Waals surface area contributed by atoms with E-state index in [9.17, 15) is 4.79 Å². The molecule has 0 aliphatic rings. The van der Waals surface area contributed by atoms with Gasteiger partial charge in [-0.2, -0.15) is 9.61 Å². The number of fused-ring (bicyclic) bond motifs is 1. The Morgan fingerprint density at radius 3 is 2.00 bits per heavy atom. The SMILES string of the molecule is O=c1n(Cc2ccc(Cl)cc2Cl)nc2c(-c3ccc(Cl)cc3)c(-c3ccc(Cl)cc3)cnn12. The number of aromatic nitrogens is 4. The van der Waals surface area contributed by atoms with Gasteiger partial charge in [-0.3, -0.25) is 0 Å². The smallest absolute Gasteiger partial charge is 0.244 e. The third-order valence-electron chi connectivity index (χ3n) is 5.24. The lowest BCUT2D eigenvalue weighted by molar-refractivity contribution is 0.650. The second-order valence-electron chi connectivity index (χ2n) is 7.36. The molecule has 0 spiro atoms. The van der Waals surface area contributed by atoms with Crippen molar-refractivity contribution >= 4 is 52.1 Å². The third kappa shape index (κ3) is 4.25. The average molecular weight is 516 g/mol. The summed E-state index contributed by atoms with van der Waals surface area (Å²) in [5.41, 5.74) is 4.05. The predicted octanol–water partition coefficient (Wildman–Crippen LogP) is 6.89. The first-order valence-electron chi connectivity index (χ1n) is 9.85. The minimum Gasteiger partial charge on any atom is -0.244 e. The van der Waals surface area contributed by atoms with Crippen LogP contribution < -0.4 is 5.69 Å². The Morgan fingerprint density at radius 2 is 1.36 bits per heavy atom. The van der Waals surface area contributed by atoms with Gasteiger partial charge in [0.25, 0.3) is 0 Å². The number of nitrogens with zero attached hydrogens (tertiary/aromatic N) is 4. The molecule has 2 aromatic heterocycles. The van der Waals surface area contributed by atoms with E-state index in [1.54, 1.807) is 48.7 Å². The molecular formula is C24H14Cl4N4O. The first-order valence-corrected chi connectivity index (χ1v) is 11.4. The van der Waals surface area contributed by atoms with Gasteiger partial charge in [0.1, 0.15) is 0 Å². The van der Waals surface area contributed by atoms with Crippen molar-refractivity contribution in [2.24, 2.45) is 0 Å². The Kier molecular flexibility index (Phi) is 5.89. The number of hydrogen-bond donors (Lipinski definition) is 0. The predicted molar refractivity (Wildman–Crippen MR) is 134 cm³/mol. The van der Waals surface area contributed by atoms with Crippen molar-refractivity contribution in [1.82, 2.24) is 19.4 Å². The van der Waals surface area contributed by atoms with Gasteiger partial charge in [0.15, 0.2) is 5.65 Å². The highest BCUT2D eigenvalue weighted by molar-refractivity contribution is 6.35. The molecule has 0 N–H and O–H groups in total. The van der Waals surface area contributed by atoms with Crippen LogP contribution in [-0.4, -0.2) is 19.4 Å². The van der Waals surface area contributed by atoms with Crippen molar-refractivity contribution in [2.75, 3.05) is 0 Å². The third-order valence-corrected chi connectivity index (χ3v) is 6.33. The summed E-state index contributed by atoms with van der Waals surface area (Å²) >= 11 is 24.5. The summed E-state index contributed by atoms with van der Waals surface area (Å²) in [5, 5.41) is 11.2. The molecule has 5 rings (SSSR count). The van der Waals surface area contributed by atoms with E-state index in [1.165, 1.54) is 9.20 Å². The van der Waals surface area contributed by atoms with E-state index in [-0.39, 0.29) is 12.2 Å². The minimum absolute atomic E-state index is 0.175. The van der Waals surface area contributed by atoms with E-state index in [0.29, 0.717) is 25.7 Å². The Hall–Kier alpha value is -2.83. The normalized spacial score (nSPS) is 11.3. The van der Waals surface area contributed by atoms with E-state index >= 15 is 0 Å². The molecule has 3 aromatic carbocycles. The van der Waals surface area contributed by atoms with Crippen LogP contribution >= 0.6 is 46.4 Å². The van der Waals surface area contributed by atoms with Crippen molar-refractivity contribution in [2.45, 2.75) is 6.54 Å². The Balaban J connectivity index is 1.73. The summed E-state index contributed by atoms with van der Waals surface area (Å²) < 4.78 is 2.62. The van der Waals surface area contributed by atoms with Gasteiger partial charge in [-0.05, 0) is 53.1 Å². The van der Waals surface area contributed by atoms with Gasteiger partial charge in [0.05, 0.1) is 12.7 Å². The Labute approximate surface area is 208 Å². The monoisotopic (exact) mass is 514 g/mol. The van der Waals surface area contributed by atoms with Crippen LogP contribution in [0.2, 0.25) is 20.1 Å². The zero-order chi connectivity index (χ0) is 23.1. The molecular weight excluding hydrogens is 502 g/mol. The van der Waals surface area contributed by atoms with E-state index < -0.39 is 0 Å². The number of halogens is 4. The molecule has 0 amide bonds. The highest BCUT2D eigenvalue weighted by Gasteiger charge is 2.19. The van der Waals surface area contributed by atoms with Crippen LogP contribution in [0.3, 0.4) is 0 Å². The summed E-state index contributed by atoms with van der Waals surface area (Å²) in [6.45, 7) is 0.175. The second kappa shape index (κ2) is 8.84. The molecule has 0 unspecified atom stereocenters. The molecule has 0 aliphatic carbocycles. The Bertz CT molecular complexity index is 1540. The van der Waals surface area contributed by atoms with Gasteiger partial charge in [-0.25, -0.2) is 9.48 Å². The van der Waals surface area contributed by atoms with Crippen molar-refractivity contribution in [3.05, 3.63) is 109 Å². The molecule has 0 saturated heterocycles. The summed E-state index contributed by atoms with van der Waals surface area (Å²) in [6, 6.07) is 19.9. The average Bonchev–Trinajstić information content (AvgIpc) is 3.12. The summed E-state index contributed by atoms with van der Waals surface area (Å²) in [6.07, 6.45) is 1.66. The zero-order valence-electron chi connectivity index (χ0n) is 16.8. The number of hydrogen-bond acceptors (Lipinski definition) is 3. The van der Waals surface area contributed by atoms with Crippen LogP contribution in [0.15, 0.2) is 77.7 Å². The molecule has 2 heterocycles. The highest BCUT2D eigenvalue weighted by Crippen LogP contribution is 2.35. The largest absolute Gasteiger partial charge is 0.367 e. The van der Waals surface area contributed by atoms with Gasteiger partial charge in [-0.1, -0.05) is 76.7 Å². The fourth-order valence-corrected chi connectivity index (χ4v) is 4.34. The molecule has 0 fully saturated rings. The maximum absolute atomic E-state index is 13.1. The Morgan fingerprint density at radius 1 is 0.758 bits per heavy atom. The van der Waals surface area contributed by atoms with Crippen LogP contribution in [0.4, 0.5) is 0 Å². The zero-order valence-corrected chi connectivity index (χ0v) is 19.9. The lowest BCUT2D eigenvalue weighted by Gasteiger charge is -2.11. The van der Waals surface area contributed by atoms with Crippen molar-refractivity contribution in [3.63, 3.8) is 0 Å². The summed E-state index contributed by atoms with van der Waals surface area (Å²) in [4.78, 5) is 13.1. The standard InChI is InChI=1S/C24H14Cl4N4O/c25-17-6-1-14(2-7-17)20-12-29-32-23(22(20)15-3-8-18(26)9-4-15)30-31(24(32)33)13-16-5-10-19(27)11-21(16)28/h1-12H,13H2. The van der Waals surface area contributed by atoms with Gasteiger partial charge in [-0.15, -0.1) is 5.10 Å². The van der Waals surface area contributed by atoms with E-state index in [0.717, 1.165) is 27.8 Å². The van der Waals surface area contributed by atoms with E-state index in [4.69, 9.17) is 46.4 Å². The molecule has 9 heteroatoms. The molecule has 33 heavy (non-hydrogen) atoms. The minimum atomic E-state index is -0.381. The van der Waals surface area contributed by atoms with Gasteiger partial charge < -0.3 is 0 Å². The molecule has 0 saturated carbocycles. The molecule has 0 radical (unpaired) electrons. The van der Waals surface area contributed by atoms with Gasteiger partial charge >= 0.3 is 5.69 Å². The van der Waals surface area contributed by atoms with Crippen LogP contribution in [0.25, 0.3) is 27.9 Å². The fraction of sp³-hybridized carbons (Fsp3) is 0.0417. The van der Waals surface area contributed by atoms with Crippen molar-refractivity contribution < 1.29 is 0 Å². The lowest BCUT2D eigenvalue weighted by Crippen LogP contribution is -2.23. The second-order valence-corrected chi connectivity index (χ2v) is 9.07. The molecule has 164 valence electrons.